The molecule has 1 saturated heterocycles. The highest BCUT2D eigenvalue weighted by atomic mass is 16.5. The van der Waals surface area contributed by atoms with Crippen LogP contribution in [0.1, 0.15) is 39.5 Å². The smallest absolute Gasteiger partial charge is 0.331 e. The summed E-state index contributed by atoms with van der Waals surface area (Å²) in [6.07, 6.45) is 2.74. The second-order valence-corrected chi connectivity index (χ2v) is 5.99. The average molecular weight is 282 g/mol. The highest BCUT2D eigenvalue weighted by Crippen LogP contribution is 2.42. The molecule has 1 heterocycles. The van der Waals surface area contributed by atoms with Crippen LogP contribution in [-0.4, -0.2) is 42.5 Å². The molecule has 0 bridgehead atoms. The lowest BCUT2D eigenvalue weighted by atomic mass is 9.81. The molecule has 1 aliphatic carbocycles. The van der Waals surface area contributed by atoms with E-state index in [2.05, 4.69) is 5.32 Å². The number of carbonyl (C=O) groups is 3. The molecular formula is C14H22N2O4. The number of ether oxygens (including phenoxy) is 1. The zero-order valence-corrected chi connectivity index (χ0v) is 12.3. The third-order valence-corrected chi connectivity index (χ3v) is 4.40. The number of carbonyl (C=O) groups excluding carboxylic acids is 3. The van der Waals surface area contributed by atoms with Crippen molar-refractivity contribution in [2.75, 3.05) is 13.7 Å². The number of urea groups is 1. The Morgan fingerprint density at radius 3 is 2.35 bits per heavy atom. The van der Waals surface area contributed by atoms with Crippen LogP contribution < -0.4 is 5.32 Å². The monoisotopic (exact) mass is 282 g/mol. The van der Waals surface area contributed by atoms with Gasteiger partial charge >= 0.3 is 6.03 Å². The van der Waals surface area contributed by atoms with Gasteiger partial charge in [-0.3, -0.25) is 19.8 Å². The van der Waals surface area contributed by atoms with Crippen molar-refractivity contribution in [3.63, 3.8) is 0 Å². The first-order valence-electron chi connectivity index (χ1n) is 7.12. The van der Waals surface area contributed by atoms with Gasteiger partial charge in [0.2, 0.25) is 11.8 Å². The van der Waals surface area contributed by atoms with Crippen LogP contribution in [0.5, 0.6) is 0 Å². The molecule has 0 aromatic heterocycles. The molecule has 1 aliphatic heterocycles. The summed E-state index contributed by atoms with van der Waals surface area (Å²) in [5.41, 5.74) is -1.03. The molecule has 6 nitrogen and oxygen atoms in total. The van der Waals surface area contributed by atoms with Crippen molar-refractivity contribution in [3.05, 3.63) is 0 Å². The van der Waals surface area contributed by atoms with E-state index in [-0.39, 0.29) is 24.5 Å². The zero-order valence-electron chi connectivity index (χ0n) is 12.3. The van der Waals surface area contributed by atoms with Gasteiger partial charge in [0.25, 0.3) is 0 Å². The first-order chi connectivity index (χ1) is 9.44. The first-order valence-corrected chi connectivity index (χ1v) is 7.12. The molecule has 1 atom stereocenters. The number of rotatable bonds is 4. The van der Waals surface area contributed by atoms with Gasteiger partial charge in [0.15, 0.2) is 0 Å². The van der Waals surface area contributed by atoms with Gasteiger partial charge in [-0.15, -0.1) is 0 Å². The van der Waals surface area contributed by atoms with Gasteiger partial charge in [-0.1, -0.05) is 26.7 Å². The number of amides is 4. The molecule has 112 valence electrons. The van der Waals surface area contributed by atoms with E-state index in [0.717, 1.165) is 12.8 Å². The number of methoxy groups -OCH3 is 1. The molecule has 1 unspecified atom stereocenters. The van der Waals surface area contributed by atoms with Crippen molar-refractivity contribution in [2.45, 2.75) is 45.6 Å². The van der Waals surface area contributed by atoms with Crippen molar-refractivity contribution in [1.29, 1.82) is 0 Å². The summed E-state index contributed by atoms with van der Waals surface area (Å²) in [7, 11) is 1.54. The Labute approximate surface area is 118 Å². The Balaban J connectivity index is 2.34. The number of imide groups is 2. The molecule has 6 heteroatoms. The lowest BCUT2D eigenvalue weighted by molar-refractivity contribution is -0.154. The standard InChI is InChI=1S/C14H22N2O4/c1-9(2)10(8-20-3)16-12(18)14(6-4-5-7-14)11(17)15-13(16)19/h9-10H,4-8H2,1-3H3,(H,15,17,19). The van der Waals surface area contributed by atoms with Crippen molar-refractivity contribution in [1.82, 2.24) is 10.2 Å². The number of barbiturate groups is 1. The highest BCUT2D eigenvalue weighted by molar-refractivity contribution is 6.19. The maximum Gasteiger partial charge on any atom is 0.331 e. The molecule has 2 aliphatic rings. The highest BCUT2D eigenvalue weighted by Gasteiger charge is 2.56. The molecule has 1 spiro atoms. The summed E-state index contributed by atoms with van der Waals surface area (Å²) >= 11 is 0. The molecular weight excluding hydrogens is 260 g/mol. The minimum atomic E-state index is -1.03. The van der Waals surface area contributed by atoms with E-state index in [9.17, 15) is 14.4 Å². The first kappa shape index (κ1) is 15.0. The molecule has 0 radical (unpaired) electrons. The van der Waals surface area contributed by atoms with Gasteiger partial charge in [0.1, 0.15) is 5.41 Å². The van der Waals surface area contributed by atoms with E-state index >= 15 is 0 Å². The molecule has 0 aromatic carbocycles. The van der Waals surface area contributed by atoms with Crippen LogP contribution in [0.15, 0.2) is 0 Å². The van der Waals surface area contributed by atoms with Gasteiger partial charge in [-0.05, 0) is 18.8 Å². The second-order valence-electron chi connectivity index (χ2n) is 5.99. The van der Waals surface area contributed by atoms with Crippen LogP contribution in [-0.2, 0) is 14.3 Å². The van der Waals surface area contributed by atoms with Crippen molar-refractivity contribution in [3.8, 4) is 0 Å². The summed E-state index contributed by atoms with van der Waals surface area (Å²) in [5.74, 6) is -0.711. The summed E-state index contributed by atoms with van der Waals surface area (Å²) in [6.45, 7) is 4.14. The maximum absolute atomic E-state index is 12.8. The Hall–Kier alpha value is -1.43. The average Bonchev–Trinajstić information content (AvgIpc) is 2.86. The van der Waals surface area contributed by atoms with Crippen molar-refractivity contribution < 1.29 is 19.1 Å². The fourth-order valence-corrected chi connectivity index (χ4v) is 3.15. The van der Waals surface area contributed by atoms with Gasteiger partial charge in [-0.2, -0.15) is 0 Å². The van der Waals surface area contributed by atoms with E-state index in [1.807, 2.05) is 13.8 Å². The lowest BCUT2D eigenvalue weighted by Crippen LogP contribution is -2.66. The van der Waals surface area contributed by atoms with Crippen molar-refractivity contribution in [2.24, 2.45) is 11.3 Å². The quantitative estimate of drug-likeness (QED) is 0.788. The van der Waals surface area contributed by atoms with Gasteiger partial charge < -0.3 is 4.74 Å². The fourth-order valence-electron chi connectivity index (χ4n) is 3.15. The Bertz CT molecular complexity index is 427. The van der Waals surface area contributed by atoms with Crippen molar-refractivity contribution >= 4 is 17.8 Å². The predicted octanol–water partition coefficient (Wildman–Crippen LogP) is 1.30. The van der Waals surface area contributed by atoms with Gasteiger partial charge in [0.05, 0.1) is 12.6 Å². The molecule has 2 fully saturated rings. The minimum absolute atomic E-state index is 0.0660. The molecule has 20 heavy (non-hydrogen) atoms. The zero-order chi connectivity index (χ0) is 14.9. The van der Waals surface area contributed by atoms with Gasteiger partial charge in [-0.25, -0.2) is 4.79 Å². The third kappa shape index (κ3) is 2.22. The van der Waals surface area contributed by atoms with Crippen LogP contribution >= 0.6 is 0 Å². The van der Waals surface area contributed by atoms with E-state index in [0.29, 0.717) is 12.8 Å². The SMILES string of the molecule is COCC(C(C)C)N1C(=O)NC(=O)C2(CCCC2)C1=O. The largest absolute Gasteiger partial charge is 0.383 e. The lowest BCUT2D eigenvalue weighted by Gasteiger charge is -2.41. The molecule has 2 rings (SSSR count). The second kappa shape index (κ2) is 5.52. The van der Waals surface area contributed by atoms with Crippen LogP contribution in [0.25, 0.3) is 0 Å². The summed E-state index contributed by atoms with van der Waals surface area (Å²) in [5, 5.41) is 2.36. The normalized spacial score (nSPS) is 23.6. The summed E-state index contributed by atoms with van der Waals surface area (Å²) in [4.78, 5) is 38.2. The molecule has 0 aromatic rings. The Morgan fingerprint density at radius 1 is 1.25 bits per heavy atom. The number of hydrogen-bond acceptors (Lipinski definition) is 4. The van der Waals surface area contributed by atoms with Gasteiger partial charge in [0, 0.05) is 7.11 Å². The predicted molar refractivity (Wildman–Crippen MR) is 71.8 cm³/mol. The number of nitrogens with zero attached hydrogens (tertiary/aromatic N) is 1. The topological polar surface area (TPSA) is 75.7 Å². The third-order valence-electron chi connectivity index (χ3n) is 4.40. The molecule has 1 saturated carbocycles. The minimum Gasteiger partial charge on any atom is -0.383 e. The summed E-state index contributed by atoms with van der Waals surface area (Å²) < 4.78 is 5.13. The maximum atomic E-state index is 12.8. The Morgan fingerprint density at radius 2 is 1.85 bits per heavy atom. The van der Waals surface area contributed by atoms with Crippen LogP contribution in [0.4, 0.5) is 4.79 Å². The molecule has 4 amide bonds. The van der Waals surface area contributed by atoms with Crippen LogP contribution in [0, 0.1) is 11.3 Å². The van der Waals surface area contributed by atoms with E-state index in [4.69, 9.17) is 4.74 Å². The van der Waals surface area contributed by atoms with Crippen LogP contribution in [0.2, 0.25) is 0 Å². The van der Waals surface area contributed by atoms with Crippen LogP contribution in [0.3, 0.4) is 0 Å². The van der Waals surface area contributed by atoms with E-state index < -0.39 is 17.4 Å². The Kier molecular flexibility index (Phi) is 4.13. The summed E-state index contributed by atoms with van der Waals surface area (Å²) in [6, 6.07) is -0.966. The number of nitrogens with one attached hydrogen (secondary N) is 1. The number of hydrogen-bond donors (Lipinski definition) is 1. The fraction of sp³-hybridized carbons (Fsp3) is 0.786. The van der Waals surface area contributed by atoms with E-state index in [1.54, 1.807) is 0 Å². The molecule has 1 N–H and O–H groups in total. The van der Waals surface area contributed by atoms with E-state index in [1.165, 1.54) is 12.0 Å².